The van der Waals surface area contributed by atoms with Gasteiger partial charge in [0.2, 0.25) is 0 Å². The minimum absolute atomic E-state index is 0.1000. The van der Waals surface area contributed by atoms with Gasteiger partial charge in [-0.25, -0.2) is 0 Å². The first kappa shape index (κ1) is 27.6. The molecule has 0 aliphatic heterocycles. The van der Waals surface area contributed by atoms with Crippen molar-refractivity contribution in [3.8, 4) is 5.75 Å². The molecule has 0 atom stereocenters. The van der Waals surface area contributed by atoms with Gasteiger partial charge < -0.3 is 9.47 Å². The molecular weight excluding hydrogens is 424 g/mol. The lowest BCUT2D eigenvalue weighted by atomic mass is 9.91. The molecule has 34 heavy (non-hydrogen) atoms. The highest BCUT2D eigenvalue weighted by Gasteiger charge is 2.26. The molecule has 5 nitrogen and oxygen atoms in total. The minimum Gasteiger partial charge on any atom is -0.494 e. The van der Waals surface area contributed by atoms with Crippen LogP contribution in [0.3, 0.4) is 0 Å². The summed E-state index contributed by atoms with van der Waals surface area (Å²) in [4.78, 5) is 11.9. The number of unbranched alkanes of at least 4 members (excludes halogenated alkanes) is 5. The molecule has 0 aromatic heterocycles. The van der Waals surface area contributed by atoms with E-state index < -0.39 is 0 Å². The second-order valence-electron chi connectivity index (χ2n) is 9.45. The molecule has 0 aliphatic rings. The summed E-state index contributed by atoms with van der Waals surface area (Å²) >= 11 is 0. The SMILES string of the molecule is CCCCCc1ccc(N=Nc2ccc(OCCCCCCOC(=O)C(C)(C)CC)cc2)cc1. The maximum absolute atomic E-state index is 11.9. The van der Waals surface area contributed by atoms with E-state index in [1.54, 1.807) is 0 Å². The zero-order chi connectivity index (χ0) is 24.7. The van der Waals surface area contributed by atoms with Crippen molar-refractivity contribution < 1.29 is 14.3 Å². The van der Waals surface area contributed by atoms with E-state index in [2.05, 4.69) is 29.3 Å². The highest BCUT2D eigenvalue weighted by Crippen LogP contribution is 2.23. The molecule has 2 rings (SSSR count). The summed E-state index contributed by atoms with van der Waals surface area (Å²) in [6.07, 6.45) is 9.63. The molecule has 0 unspecified atom stereocenters. The smallest absolute Gasteiger partial charge is 0.311 e. The Hall–Kier alpha value is -2.69. The number of aryl methyl sites for hydroxylation is 1. The number of esters is 1. The molecule has 186 valence electrons. The average Bonchev–Trinajstić information content (AvgIpc) is 2.85. The van der Waals surface area contributed by atoms with Crippen LogP contribution in [0.25, 0.3) is 0 Å². The van der Waals surface area contributed by atoms with E-state index in [-0.39, 0.29) is 11.4 Å². The zero-order valence-corrected chi connectivity index (χ0v) is 21.5. The molecule has 0 radical (unpaired) electrons. The van der Waals surface area contributed by atoms with Gasteiger partial charge in [0.25, 0.3) is 0 Å². The summed E-state index contributed by atoms with van der Waals surface area (Å²) in [6, 6.07) is 16.0. The molecule has 2 aromatic carbocycles. The molecule has 2 aromatic rings. The van der Waals surface area contributed by atoms with Gasteiger partial charge in [-0.3, -0.25) is 4.79 Å². The number of carbonyl (C=O) groups is 1. The van der Waals surface area contributed by atoms with Gasteiger partial charge in [0.15, 0.2) is 0 Å². The van der Waals surface area contributed by atoms with Crippen molar-refractivity contribution in [2.75, 3.05) is 13.2 Å². The van der Waals surface area contributed by atoms with Crippen LogP contribution in [0, 0.1) is 5.41 Å². The maximum Gasteiger partial charge on any atom is 0.311 e. The molecule has 0 amide bonds. The second kappa shape index (κ2) is 15.3. The van der Waals surface area contributed by atoms with Crippen molar-refractivity contribution in [3.05, 3.63) is 54.1 Å². The molecule has 5 heteroatoms. The Morgan fingerprint density at radius 3 is 1.94 bits per heavy atom. The summed E-state index contributed by atoms with van der Waals surface area (Å²) in [5, 5.41) is 8.66. The van der Waals surface area contributed by atoms with Crippen molar-refractivity contribution >= 4 is 17.3 Å². The first-order valence-electron chi connectivity index (χ1n) is 12.9. The topological polar surface area (TPSA) is 60.3 Å². The molecule has 0 spiro atoms. The lowest BCUT2D eigenvalue weighted by molar-refractivity contribution is -0.154. The van der Waals surface area contributed by atoms with Gasteiger partial charge in [-0.05, 0) is 101 Å². The summed E-state index contributed by atoms with van der Waals surface area (Å²) in [6.45, 7) is 9.26. The number of carbonyl (C=O) groups excluding carboxylic acids is 1. The van der Waals surface area contributed by atoms with Crippen LogP contribution in [0.2, 0.25) is 0 Å². The molecule has 0 heterocycles. The molecule has 0 saturated carbocycles. The number of nitrogens with zero attached hydrogens (tertiary/aromatic N) is 2. The molecule has 0 saturated heterocycles. The van der Waals surface area contributed by atoms with Crippen LogP contribution in [0.1, 0.15) is 84.6 Å². The Bertz CT molecular complexity index is 858. The zero-order valence-electron chi connectivity index (χ0n) is 21.5. The normalized spacial score (nSPS) is 11.6. The number of hydrogen-bond acceptors (Lipinski definition) is 5. The van der Waals surface area contributed by atoms with Gasteiger partial charge >= 0.3 is 5.97 Å². The average molecular weight is 467 g/mol. The Morgan fingerprint density at radius 2 is 1.35 bits per heavy atom. The van der Waals surface area contributed by atoms with Crippen LogP contribution in [-0.4, -0.2) is 19.2 Å². The van der Waals surface area contributed by atoms with Crippen molar-refractivity contribution in [3.63, 3.8) is 0 Å². The van der Waals surface area contributed by atoms with E-state index >= 15 is 0 Å². The van der Waals surface area contributed by atoms with E-state index in [1.807, 2.05) is 57.2 Å². The van der Waals surface area contributed by atoms with Gasteiger partial charge in [0.05, 0.1) is 30.0 Å². The highest BCUT2D eigenvalue weighted by molar-refractivity contribution is 5.75. The standard InChI is InChI=1S/C29H42N2O3/c1-5-7-10-13-24-14-16-25(17-15-24)30-31-26-18-20-27(21-19-26)33-22-11-8-9-12-23-34-28(32)29(3,4)6-2/h14-21H,5-13,22-23H2,1-4H3. The Kier molecular flexibility index (Phi) is 12.4. The fourth-order valence-electron chi connectivity index (χ4n) is 3.29. The molecule has 0 aliphatic carbocycles. The summed E-state index contributed by atoms with van der Waals surface area (Å²) in [5.74, 6) is 0.739. The lowest BCUT2D eigenvalue weighted by Gasteiger charge is -2.20. The Morgan fingerprint density at radius 1 is 0.765 bits per heavy atom. The number of azo groups is 1. The molecular formula is C29H42N2O3. The van der Waals surface area contributed by atoms with Crippen molar-refractivity contribution in [2.45, 2.75) is 85.5 Å². The van der Waals surface area contributed by atoms with Crippen molar-refractivity contribution in [2.24, 2.45) is 15.6 Å². The van der Waals surface area contributed by atoms with Gasteiger partial charge in [-0.1, -0.05) is 38.8 Å². The molecule has 0 bridgehead atoms. The summed E-state index contributed by atoms with van der Waals surface area (Å²) in [7, 11) is 0. The third-order valence-corrected chi connectivity index (χ3v) is 6.10. The van der Waals surface area contributed by atoms with E-state index in [9.17, 15) is 4.79 Å². The number of rotatable bonds is 16. The van der Waals surface area contributed by atoms with Crippen LogP contribution >= 0.6 is 0 Å². The summed E-state index contributed by atoms with van der Waals surface area (Å²) in [5.41, 5.74) is 2.64. The second-order valence-corrected chi connectivity index (χ2v) is 9.45. The van der Waals surface area contributed by atoms with Crippen molar-refractivity contribution in [1.29, 1.82) is 0 Å². The van der Waals surface area contributed by atoms with Crippen LogP contribution in [0.5, 0.6) is 5.75 Å². The number of hydrogen-bond donors (Lipinski definition) is 0. The Labute approximate surface area is 206 Å². The van der Waals surface area contributed by atoms with Crippen LogP contribution in [0.15, 0.2) is 58.8 Å². The number of ether oxygens (including phenoxy) is 2. The van der Waals surface area contributed by atoms with Crippen molar-refractivity contribution in [1.82, 2.24) is 0 Å². The Balaban J connectivity index is 1.60. The largest absolute Gasteiger partial charge is 0.494 e. The van der Waals surface area contributed by atoms with E-state index in [4.69, 9.17) is 9.47 Å². The monoisotopic (exact) mass is 466 g/mol. The van der Waals surface area contributed by atoms with E-state index in [0.29, 0.717) is 13.2 Å². The first-order chi connectivity index (χ1) is 16.4. The predicted octanol–water partition coefficient (Wildman–Crippen LogP) is 8.75. The van der Waals surface area contributed by atoms with Gasteiger partial charge in [0.1, 0.15) is 5.75 Å². The summed E-state index contributed by atoms with van der Waals surface area (Å²) < 4.78 is 11.2. The van der Waals surface area contributed by atoms with Gasteiger partial charge in [-0.2, -0.15) is 10.2 Å². The molecule has 0 N–H and O–H groups in total. The quantitative estimate of drug-likeness (QED) is 0.141. The van der Waals surface area contributed by atoms with Crippen LogP contribution in [0.4, 0.5) is 11.4 Å². The minimum atomic E-state index is -0.385. The van der Waals surface area contributed by atoms with Crippen LogP contribution < -0.4 is 4.74 Å². The van der Waals surface area contributed by atoms with Gasteiger partial charge in [0, 0.05) is 0 Å². The van der Waals surface area contributed by atoms with Gasteiger partial charge in [-0.15, -0.1) is 0 Å². The first-order valence-corrected chi connectivity index (χ1v) is 12.9. The number of benzene rings is 2. The highest BCUT2D eigenvalue weighted by atomic mass is 16.5. The fourth-order valence-corrected chi connectivity index (χ4v) is 3.29. The fraction of sp³-hybridized carbons (Fsp3) is 0.552. The van der Waals surface area contributed by atoms with E-state index in [1.165, 1.54) is 24.8 Å². The molecule has 0 fully saturated rings. The third-order valence-electron chi connectivity index (χ3n) is 6.10. The van der Waals surface area contributed by atoms with E-state index in [0.717, 1.165) is 55.6 Å². The maximum atomic E-state index is 11.9. The predicted molar refractivity (Wildman–Crippen MR) is 139 cm³/mol. The lowest BCUT2D eigenvalue weighted by Crippen LogP contribution is -2.26. The third kappa shape index (κ3) is 10.5. The van der Waals surface area contributed by atoms with Crippen LogP contribution in [-0.2, 0) is 16.0 Å².